The first-order valence-corrected chi connectivity index (χ1v) is 11.9. The largest absolute Gasteiger partial charge is 0.465 e. The fraction of sp³-hybridized carbons (Fsp3) is 0.800. The van der Waals surface area contributed by atoms with Gasteiger partial charge in [-0.25, -0.2) is 0 Å². The van der Waals surface area contributed by atoms with Crippen LogP contribution in [0, 0.1) is 28.6 Å². The van der Waals surface area contributed by atoms with Crippen LogP contribution >= 0.6 is 21.6 Å². The molecule has 3 nitrogen and oxygen atoms in total. The summed E-state index contributed by atoms with van der Waals surface area (Å²) < 4.78 is 5.67. The second-order valence-electron chi connectivity index (χ2n) is 9.25. The van der Waals surface area contributed by atoms with Gasteiger partial charge in [0.25, 0.3) is 0 Å². The van der Waals surface area contributed by atoms with Crippen molar-refractivity contribution in [2.45, 2.75) is 57.1 Å². The number of esters is 1. The predicted molar refractivity (Wildman–Crippen MR) is 101 cm³/mol. The molecule has 0 bridgehead atoms. The highest BCUT2D eigenvalue weighted by atomic mass is 33.1. The minimum Gasteiger partial charge on any atom is -0.465 e. The highest BCUT2D eigenvalue weighted by molar-refractivity contribution is 8.77. The molecule has 1 unspecified atom stereocenters. The predicted octanol–water partition coefficient (Wildman–Crippen LogP) is 4.42. The van der Waals surface area contributed by atoms with Crippen LogP contribution in [0.25, 0.3) is 0 Å². The van der Waals surface area contributed by atoms with Crippen LogP contribution in [0.15, 0.2) is 11.6 Å². The number of rotatable bonds is 0. The van der Waals surface area contributed by atoms with Crippen molar-refractivity contribution in [1.29, 1.82) is 0 Å². The van der Waals surface area contributed by atoms with Crippen LogP contribution in [-0.4, -0.2) is 28.9 Å². The maximum absolute atomic E-state index is 13.2. The van der Waals surface area contributed by atoms with E-state index in [1.165, 1.54) is 18.6 Å². The molecule has 5 aliphatic rings. The summed E-state index contributed by atoms with van der Waals surface area (Å²) in [5.41, 5.74) is 0.780. The van der Waals surface area contributed by atoms with Gasteiger partial charge in [-0.3, -0.25) is 9.59 Å². The molecule has 0 aromatic carbocycles. The van der Waals surface area contributed by atoms with Gasteiger partial charge in [0.05, 0.1) is 12.0 Å². The van der Waals surface area contributed by atoms with E-state index in [1.54, 1.807) is 0 Å². The van der Waals surface area contributed by atoms with E-state index in [4.69, 9.17) is 4.74 Å². The van der Waals surface area contributed by atoms with Crippen LogP contribution in [0.2, 0.25) is 0 Å². The topological polar surface area (TPSA) is 43.4 Å². The molecule has 5 heteroatoms. The molecule has 2 saturated carbocycles. The zero-order valence-corrected chi connectivity index (χ0v) is 16.6. The zero-order chi connectivity index (χ0) is 17.4. The Morgan fingerprint density at radius 1 is 1.08 bits per heavy atom. The van der Waals surface area contributed by atoms with Gasteiger partial charge in [0, 0.05) is 22.8 Å². The smallest absolute Gasteiger partial charge is 0.312 e. The number of ether oxygens (including phenoxy) is 1. The van der Waals surface area contributed by atoms with Crippen LogP contribution in [0.5, 0.6) is 0 Å². The second kappa shape index (κ2) is 5.31. The molecule has 0 amide bonds. The molecule has 0 radical (unpaired) electrons. The minimum atomic E-state index is -0.354. The first-order valence-electron chi connectivity index (χ1n) is 9.62. The Balaban J connectivity index is 1.53. The summed E-state index contributed by atoms with van der Waals surface area (Å²) in [5.74, 6) is 2.60. The van der Waals surface area contributed by atoms with E-state index in [0.717, 1.165) is 24.8 Å². The Morgan fingerprint density at radius 2 is 1.92 bits per heavy atom. The van der Waals surface area contributed by atoms with Gasteiger partial charge in [0.15, 0.2) is 5.78 Å². The summed E-state index contributed by atoms with van der Waals surface area (Å²) in [7, 11) is 3.95. The molecule has 5 rings (SSSR count). The summed E-state index contributed by atoms with van der Waals surface area (Å²) in [6.45, 7) is 4.94. The lowest BCUT2D eigenvalue weighted by atomic mass is 9.47. The van der Waals surface area contributed by atoms with Crippen molar-refractivity contribution < 1.29 is 14.3 Å². The molecule has 0 aromatic heterocycles. The maximum atomic E-state index is 13.2. The van der Waals surface area contributed by atoms with Gasteiger partial charge in [0.1, 0.15) is 0 Å². The van der Waals surface area contributed by atoms with Gasteiger partial charge in [-0.1, -0.05) is 34.6 Å². The lowest BCUT2D eigenvalue weighted by Crippen LogP contribution is -2.54. The lowest BCUT2D eigenvalue weighted by molar-refractivity contribution is -0.149. The molecule has 25 heavy (non-hydrogen) atoms. The zero-order valence-electron chi connectivity index (χ0n) is 15.0. The van der Waals surface area contributed by atoms with Crippen LogP contribution in [0.4, 0.5) is 0 Å². The molecule has 136 valence electrons. The highest BCUT2D eigenvalue weighted by Gasteiger charge is 2.62. The van der Waals surface area contributed by atoms with E-state index in [0.29, 0.717) is 30.6 Å². The molecule has 0 N–H and O–H groups in total. The molecule has 1 spiro atoms. The fourth-order valence-electron chi connectivity index (χ4n) is 6.47. The molecule has 4 fully saturated rings. The summed E-state index contributed by atoms with van der Waals surface area (Å²) in [4.78, 5) is 25.5. The SMILES string of the molecule is C[C@]12CCC3(C=C1C(=O)C[C@@H]1[C@@H]2CC[C@]2(C)C(=O)OC[C@@H]12)CCSS3. The van der Waals surface area contributed by atoms with E-state index in [2.05, 4.69) is 19.9 Å². The van der Waals surface area contributed by atoms with Crippen molar-refractivity contribution in [3.63, 3.8) is 0 Å². The molecule has 6 atom stereocenters. The number of carbonyl (C=O) groups is 2. The summed E-state index contributed by atoms with van der Waals surface area (Å²) in [5, 5.41) is 0. The number of allylic oxidation sites excluding steroid dienone is 1. The third-order valence-electron chi connectivity index (χ3n) is 8.15. The van der Waals surface area contributed by atoms with Crippen molar-refractivity contribution in [2.75, 3.05) is 12.4 Å². The number of Topliss-reactive ketones (excluding diaryl/α,β-unsaturated/α-hetero) is 1. The molecule has 2 heterocycles. The van der Waals surface area contributed by atoms with Crippen LogP contribution < -0.4 is 0 Å². The van der Waals surface area contributed by atoms with E-state index >= 15 is 0 Å². The van der Waals surface area contributed by atoms with Crippen molar-refractivity contribution in [3.8, 4) is 0 Å². The number of hydrogen-bond donors (Lipinski definition) is 0. The highest BCUT2D eigenvalue weighted by Crippen LogP contribution is 2.65. The minimum absolute atomic E-state index is 0.00599. The van der Waals surface area contributed by atoms with Crippen molar-refractivity contribution in [3.05, 3.63) is 11.6 Å². The molecule has 3 aliphatic carbocycles. The number of fused-ring (bicyclic) bond motifs is 5. The van der Waals surface area contributed by atoms with Crippen molar-refractivity contribution in [1.82, 2.24) is 0 Å². The Kier molecular flexibility index (Phi) is 3.55. The maximum Gasteiger partial charge on any atom is 0.312 e. The number of ketones is 1. The van der Waals surface area contributed by atoms with E-state index < -0.39 is 0 Å². The average molecular weight is 379 g/mol. The third kappa shape index (κ3) is 2.14. The molecule has 2 saturated heterocycles. The molecule has 2 aliphatic heterocycles. The Morgan fingerprint density at radius 3 is 2.68 bits per heavy atom. The van der Waals surface area contributed by atoms with Crippen LogP contribution in [0.3, 0.4) is 0 Å². The molecular formula is C20H26O3S2. The van der Waals surface area contributed by atoms with E-state index in [-0.39, 0.29) is 27.5 Å². The van der Waals surface area contributed by atoms with Crippen LogP contribution in [0.1, 0.15) is 52.4 Å². The first-order chi connectivity index (χ1) is 11.9. The molecule has 0 aromatic rings. The standard InChI is InChI=1S/C20H26O3S2/c1-18-5-6-20(7-8-24-25-20)10-14(18)16(21)9-12-13(18)3-4-19(2)15(12)11-23-17(19)22/h10,12-13,15H,3-9,11H2,1-2H3/t12-,13+,15+,18-,19+,20?/m1/s1. The normalized spacial score (nSPS) is 51.6. The number of hydrogen-bond acceptors (Lipinski definition) is 5. The van der Waals surface area contributed by atoms with Gasteiger partial charge in [-0.05, 0) is 61.9 Å². The van der Waals surface area contributed by atoms with Crippen LogP contribution in [-0.2, 0) is 14.3 Å². The molecular weight excluding hydrogens is 352 g/mol. The summed E-state index contributed by atoms with van der Waals surface area (Å²) in [6, 6.07) is 0. The Hall–Kier alpha value is -0.420. The van der Waals surface area contributed by atoms with E-state index in [9.17, 15) is 9.59 Å². The second-order valence-corrected chi connectivity index (χ2v) is 12.1. The van der Waals surface area contributed by atoms with Gasteiger partial charge in [0.2, 0.25) is 0 Å². The monoisotopic (exact) mass is 378 g/mol. The third-order valence-corrected chi connectivity index (χ3v) is 11.3. The fourth-order valence-corrected chi connectivity index (χ4v) is 9.75. The van der Waals surface area contributed by atoms with Gasteiger partial charge in [-0.15, -0.1) is 0 Å². The van der Waals surface area contributed by atoms with Gasteiger partial charge in [-0.2, -0.15) is 0 Å². The quantitative estimate of drug-likeness (QED) is 0.461. The van der Waals surface area contributed by atoms with Gasteiger partial charge < -0.3 is 4.74 Å². The van der Waals surface area contributed by atoms with Crippen molar-refractivity contribution in [2.24, 2.45) is 28.6 Å². The summed E-state index contributed by atoms with van der Waals surface area (Å²) in [6.07, 6.45) is 8.50. The Labute approximate surface area is 157 Å². The average Bonchev–Trinajstić information content (AvgIpc) is 3.15. The lowest BCUT2D eigenvalue weighted by Gasteiger charge is -2.56. The summed E-state index contributed by atoms with van der Waals surface area (Å²) >= 11 is 0. The Bertz CT molecular complexity index is 680. The van der Waals surface area contributed by atoms with E-state index in [1.807, 2.05) is 21.6 Å². The number of cyclic esters (lactones) is 1. The van der Waals surface area contributed by atoms with Gasteiger partial charge >= 0.3 is 5.97 Å². The van der Waals surface area contributed by atoms with Crippen molar-refractivity contribution >= 4 is 33.3 Å². The first kappa shape index (κ1) is 16.7. The number of carbonyl (C=O) groups excluding carboxylic acids is 2.